The van der Waals surface area contributed by atoms with Gasteiger partial charge in [-0.1, -0.05) is 13.8 Å². The van der Waals surface area contributed by atoms with E-state index in [9.17, 15) is 9.90 Å². The van der Waals surface area contributed by atoms with E-state index in [4.69, 9.17) is 0 Å². The molecule has 0 saturated carbocycles. The molecule has 1 saturated heterocycles. The predicted octanol–water partition coefficient (Wildman–Crippen LogP) is 0.748. The van der Waals surface area contributed by atoms with Gasteiger partial charge < -0.3 is 10.4 Å². The van der Waals surface area contributed by atoms with Crippen LogP contribution in [0.25, 0.3) is 0 Å². The molecule has 16 heavy (non-hydrogen) atoms. The minimum absolute atomic E-state index is 0.0859. The number of piperidine rings is 1. The summed E-state index contributed by atoms with van der Waals surface area (Å²) in [6.07, 6.45) is 3.55. The summed E-state index contributed by atoms with van der Waals surface area (Å²) in [7, 11) is 0. The average Bonchev–Trinajstić information content (AvgIpc) is 2.26. The van der Waals surface area contributed by atoms with Crippen molar-refractivity contribution in [1.29, 1.82) is 0 Å². The molecule has 1 aliphatic heterocycles. The fraction of sp³-hybridized carbons (Fsp3) is 0.917. The molecule has 1 heterocycles. The summed E-state index contributed by atoms with van der Waals surface area (Å²) < 4.78 is 0. The molecule has 4 heteroatoms. The second-order valence-electron chi connectivity index (χ2n) is 4.61. The van der Waals surface area contributed by atoms with Crippen molar-refractivity contribution in [3.05, 3.63) is 0 Å². The fourth-order valence-corrected chi connectivity index (χ4v) is 2.14. The Bertz CT molecular complexity index is 217. The lowest BCUT2D eigenvalue weighted by Gasteiger charge is -2.29. The van der Waals surface area contributed by atoms with Gasteiger partial charge in [0, 0.05) is 12.6 Å². The molecule has 1 aliphatic rings. The van der Waals surface area contributed by atoms with Crippen molar-refractivity contribution in [3.8, 4) is 0 Å². The van der Waals surface area contributed by atoms with Crippen molar-refractivity contribution >= 4 is 5.91 Å². The molecule has 1 atom stereocenters. The number of nitrogens with one attached hydrogen (secondary N) is 1. The molecule has 0 aromatic heterocycles. The Morgan fingerprint density at radius 1 is 1.50 bits per heavy atom. The van der Waals surface area contributed by atoms with Gasteiger partial charge in [0.05, 0.1) is 12.6 Å². The van der Waals surface area contributed by atoms with Gasteiger partial charge in [0.25, 0.3) is 0 Å². The number of carbonyl (C=O) groups is 1. The van der Waals surface area contributed by atoms with Gasteiger partial charge in [-0.05, 0) is 32.2 Å². The summed E-state index contributed by atoms with van der Waals surface area (Å²) in [5.41, 5.74) is 0. The van der Waals surface area contributed by atoms with Crippen LogP contribution in [0.4, 0.5) is 0 Å². The van der Waals surface area contributed by atoms with E-state index in [-0.39, 0.29) is 12.0 Å². The van der Waals surface area contributed by atoms with E-state index < -0.39 is 0 Å². The number of hydrogen-bond donors (Lipinski definition) is 2. The van der Waals surface area contributed by atoms with E-state index in [1.54, 1.807) is 0 Å². The molecule has 0 aromatic rings. The number of amides is 1. The van der Waals surface area contributed by atoms with Gasteiger partial charge in [-0.2, -0.15) is 0 Å². The van der Waals surface area contributed by atoms with Gasteiger partial charge >= 0.3 is 0 Å². The lowest BCUT2D eigenvalue weighted by molar-refractivity contribution is -0.123. The first-order valence-electron chi connectivity index (χ1n) is 6.35. The lowest BCUT2D eigenvalue weighted by Crippen LogP contribution is -2.46. The van der Waals surface area contributed by atoms with Crippen LogP contribution in [0.1, 0.15) is 39.5 Å². The Labute approximate surface area is 98.0 Å². The molecule has 0 aromatic carbocycles. The van der Waals surface area contributed by atoms with Crippen LogP contribution in [0.5, 0.6) is 0 Å². The van der Waals surface area contributed by atoms with E-state index >= 15 is 0 Å². The molecule has 0 bridgehead atoms. The molecule has 0 aliphatic carbocycles. The Hall–Kier alpha value is -0.610. The molecule has 4 nitrogen and oxygen atoms in total. The number of likely N-dealkylation sites (tertiary alicyclic amines) is 1. The highest BCUT2D eigenvalue weighted by molar-refractivity contribution is 5.78. The summed E-state index contributed by atoms with van der Waals surface area (Å²) in [4.78, 5) is 13.7. The van der Waals surface area contributed by atoms with Gasteiger partial charge in [-0.15, -0.1) is 0 Å². The molecule has 0 unspecified atom stereocenters. The van der Waals surface area contributed by atoms with E-state index in [0.717, 1.165) is 32.2 Å². The zero-order chi connectivity index (χ0) is 12.0. The molecule has 2 N–H and O–H groups in total. The summed E-state index contributed by atoms with van der Waals surface area (Å²) in [6.45, 7) is 6.15. The average molecular weight is 228 g/mol. The standard InChI is InChI=1S/C12H24N2O2/c1-3-10(4-2)13-12(16)9-14-7-5-6-11(15)8-14/h10-11,15H,3-9H2,1-2H3,(H,13,16)/t11-/m0/s1. The number of carbonyl (C=O) groups excluding carboxylic acids is 1. The third-order valence-electron chi connectivity index (χ3n) is 3.20. The fourth-order valence-electron chi connectivity index (χ4n) is 2.14. The smallest absolute Gasteiger partial charge is 0.234 e. The van der Waals surface area contributed by atoms with Crippen LogP contribution in [0.15, 0.2) is 0 Å². The third-order valence-corrected chi connectivity index (χ3v) is 3.20. The predicted molar refractivity (Wildman–Crippen MR) is 64.2 cm³/mol. The van der Waals surface area contributed by atoms with Crippen LogP contribution in [0, 0.1) is 0 Å². The monoisotopic (exact) mass is 228 g/mol. The van der Waals surface area contributed by atoms with E-state index in [2.05, 4.69) is 19.2 Å². The van der Waals surface area contributed by atoms with Crippen LogP contribution in [0.2, 0.25) is 0 Å². The zero-order valence-corrected chi connectivity index (χ0v) is 10.4. The summed E-state index contributed by atoms with van der Waals surface area (Å²) >= 11 is 0. The van der Waals surface area contributed by atoms with Crippen molar-refractivity contribution < 1.29 is 9.90 Å². The number of rotatable bonds is 5. The quantitative estimate of drug-likeness (QED) is 0.730. The molecule has 1 amide bonds. The maximum atomic E-state index is 11.7. The minimum atomic E-state index is -0.255. The van der Waals surface area contributed by atoms with Gasteiger partial charge in [-0.3, -0.25) is 9.69 Å². The van der Waals surface area contributed by atoms with E-state index in [1.807, 2.05) is 4.90 Å². The highest BCUT2D eigenvalue weighted by atomic mass is 16.3. The molecule has 0 spiro atoms. The Morgan fingerprint density at radius 3 is 2.75 bits per heavy atom. The molecule has 1 fully saturated rings. The van der Waals surface area contributed by atoms with Crippen LogP contribution in [-0.4, -0.2) is 47.7 Å². The Morgan fingerprint density at radius 2 is 2.19 bits per heavy atom. The van der Waals surface area contributed by atoms with Crippen molar-refractivity contribution in [2.45, 2.75) is 51.7 Å². The molecule has 0 radical (unpaired) electrons. The largest absolute Gasteiger partial charge is 0.392 e. The molecular weight excluding hydrogens is 204 g/mol. The van der Waals surface area contributed by atoms with E-state index in [1.165, 1.54) is 0 Å². The first kappa shape index (κ1) is 13.5. The topological polar surface area (TPSA) is 52.6 Å². The SMILES string of the molecule is CCC(CC)NC(=O)CN1CCC[C@H](O)C1. The normalized spacial score (nSPS) is 22.4. The number of β-amino-alcohol motifs (C(OH)–C–C–N with tert-alkyl or cyclic N) is 1. The van der Waals surface area contributed by atoms with Crippen LogP contribution in [0.3, 0.4) is 0 Å². The van der Waals surface area contributed by atoms with E-state index in [0.29, 0.717) is 19.1 Å². The second kappa shape index (κ2) is 6.86. The minimum Gasteiger partial charge on any atom is -0.392 e. The first-order chi connectivity index (χ1) is 7.65. The van der Waals surface area contributed by atoms with Gasteiger partial charge in [0.1, 0.15) is 0 Å². The third kappa shape index (κ3) is 4.49. The maximum absolute atomic E-state index is 11.7. The van der Waals surface area contributed by atoms with Crippen molar-refractivity contribution in [2.75, 3.05) is 19.6 Å². The van der Waals surface area contributed by atoms with Crippen LogP contribution in [-0.2, 0) is 4.79 Å². The second-order valence-corrected chi connectivity index (χ2v) is 4.61. The number of aliphatic hydroxyl groups excluding tert-OH is 1. The summed E-state index contributed by atoms with van der Waals surface area (Å²) in [5, 5.41) is 12.5. The van der Waals surface area contributed by atoms with Crippen molar-refractivity contribution in [2.24, 2.45) is 0 Å². The van der Waals surface area contributed by atoms with Gasteiger partial charge in [0.2, 0.25) is 5.91 Å². The zero-order valence-electron chi connectivity index (χ0n) is 10.4. The Kier molecular flexibility index (Phi) is 5.77. The molecule has 1 rings (SSSR count). The Balaban J connectivity index is 2.27. The van der Waals surface area contributed by atoms with Crippen LogP contribution < -0.4 is 5.32 Å². The molecular formula is C12H24N2O2. The van der Waals surface area contributed by atoms with Gasteiger partial charge in [0.15, 0.2) is 0 Å². The number of aliphatic hydroxyl groups is 1. The summed E-state index contributed by atoms with van der Waals surface area (Å²) in [6, 6.07) is 0.294. The summed E-state index contributed by atoms with van der Waals surface area (Å²) in [5.74, 6) is 0.0859. The number of nitrogens with zero attached hydrogens (tertiary/aromatic N) is 1. The van der Waals surface area contributed by atoms with Crippen LogP contribution >= 0.6 is 0 Å². The van der Waals surface area contributed by atoms with Crippen molar-refractivity contribution in [3.63, 3.8) is 0 Å². The van der Waals surface area contributed by atoms with Crippen molar-refractivity contribution in [1.82, 2.24) is 10.2 Å². The number of hydrogen-bond acceptors (Lipinski definition) is 3. The highest BCUT2D eigenvalue weighted by Crippen LogP contribution is 2.09. The maximum Gasteiger partial charge on any atom is 0.234 e. The van der Waals surface area contributed by atoms with Gasteiger partial charge in [-0.25, -0.2) is 0 Å². The first-order valence-corrected chi connectivity index (χ1v) is 6.35. The highest BCUT2D eigenvalue weighted by Gasteiger charge is 2.20. The lowest BCUT2D eigenvalue weighted by atomic mass is 10.1. The molecule has 94 valence electrons.